The second-order valence-electron chi connectivity index (χ2n) is 7.28. The molecule has 0 aliphatic carbocycles. The van der Waals surface area contributed by atoms with Gasteiger partial charge in [0.05, 0.1) is 5.69 Å². The van der Waals surface area contributed by atoms with Crippen LogP contribution in [0, 0.1) is 5.82 Å². The van der Waals surface area contributed by atoms with Crippen LogP contribution in [-0.4, -0.2) is 42.8 Å². The number of hydrogen-bond donors (Lipinski definition) is 0. The molecule has 1 aliphatic heterocycles. The van der Waals surface area contributed by atoms with Crippen molar-refractivity contribution >= 4 is 17.4 Å². The molecular weight excluding hydrogens is 343 g/mol. The fraction of sp³-hybridized carbons (Fsp3) is 0.364. The first-order valence-electron chi connectivity index (χ1n) is 9.31. The zero-order valence-electron chi connectivity index (χ0n) is 16.0. The van der Waals surface area contributed by atoms with Crippen LogP contribution in [0.2, 0.25) is 0 Å². The number of carbonyl (C=O) groups excluding carboxylic acids is 2. The summed E-state index contributed by atoms with van der Waals surface area (Å²) < 4.78 is 14.3. The second-order valence-corrected chi connectivity index (χ2v) is 7.28. The number of carbonyl (C=O) groups is 2. The van der Waals surface area contributed by atoms with E-state index in [0.717, 1.165) is 0 Å². The van der Waals surface area contributed by atoms with Gasteiger partial charge in [0.15, 0.2) is 5.78 Å². The summed E-state index contributed by atoms with van der Waals surface area (Å²) in [5, 5.41) is 0. The maximum atomic E-state index is 14.3. The molecular formula is C22H25FN2O2. The molecule has 4 nitrogen and oxygen atoms in total. The molecule has 0 atom stereocenters. The van der Waals surface area contributed by atoms with E-state index in [4.69, 9.17) is 0 Å². The smallest absolute Gasteiger partial charge is 0.253 e. The lowest BCUT2D eigenvalue weighted by Crippen LogP contribution is -2.49. The SMILES string of the molecule is CC(=O)c1ccc(N2CCN(C(=O)c3ccc(C(C)C)cc3)CC2)c(F)c1. The van der Waals surface area contributed by atoms with Crippen molar-refractivity contribution in [3.8, 4) is 0 Å². The van der Waals surface area contributed by atoms with Crippen LogP contribution < -0.4 is 4.90 Å². The van der Waals surface area contributed by atoms with Gasteiger partial charge in [-0.1, -0.05) is 26.0 Å². The molecule has 0 spiro atoms. The van der Waals surface area contributed by atoms with Crippen LogP contribution in [-0.2, 0) is 0 Å². The summed E-state index contributed by atoms with van der Waals surface area (Å²) in [4.78, 5) is 27.8. The zero-order chi connectivity index (χ0) is 19.6. The summed E-state index contributed by atoms with van der Waals surface area (Å²) in [6.45, 7) is 7.87. The molecule has 1 saturated heterocycles. The standard InChI is InChI=1S/C22H25FN2O2/c1-15(2)17-4-6-18(7-5-17)22(27)25-12-10-24(11-13-25)21-9-8-19(16(3)26)14-20(21)23/h4-9,14-15H,10-13H2,1-3H3. The fourth-order valence-corrected chi connectivity index (χ4v) is 3.33. The number of nitrogens with zero attached hydrogens (tertiary/aromatic N) is 2. The largest absolute Gasteiger partial charge is 0.366 e. The highest BCUT2D eigenvalue weighted by atomic mass is 19.1. The number of piperazine rings is 1. The van der Waals surface area contributed by atoms with Gasteiger partial charge in [0.25, 0.3) is 5.91 Å². The first-order valence-corrected chi connectivity index (χ1v) is 9.31. The number of Topliss-reactive ketones (excluding diaryl/α,β-unsaturated/α-hetero) is 1. The molecule has 0 radical (unpaired) electrons. The van der Waals surface area contributed by atoms with Crippen molar-refractivity contribution in [2.45, 2.75) is 26.7 Å². The van der Waals surface area contributed by atoms with Gasteiger partial charge in [-0.25, -0.2) is 4.39 Å². The zero-order valence-corrected chi connectivity index (χ0v) is 16.0. The van der Waals surface area contributed by atoms with E-state index in [1.54, 1.807) is 12.1 Å². The Balaban J connectivity index is 1.64. The minimum absolute atomic E-state index is 0.0114. The Hall–Kier alpha value is -2.69. The average Bonchev–Trinajstić information content (AvgIpc) is 2.67. The minimum atomic E-state index is -0.397. The number of amides is 1. The van der Waals surface area contributed by atoms with E-state index in [0.29, 0.717) is 48.9 Å². The minimum Gasteiger partial charge on any atom is -0.366 e. The highest BCUT2D eigenvalue weighted by molar-refractivity contribution is 5.95. The number of benzene rings is 2. The van der Waals surface area contributed by atoms with Gasteiger partial charge < -0.3 is 9.80 Å². The summed E-state index contributed by atoms with van der Waals surface area (Å²) >= 11 is 0. The van der Waals surface area contributed by atoms with Crippen LogP contribution in [0.15, 0.2) is 42.5 Å². The molecule has 0 saturated carbocycles. The molecule has 142 valence electrons. The van der Waals surface area contributed by atoms with E-state index in [9.17, 15) is 14.0 Å². The van der Waals surface area contributed by atoms with Crippen molar-refractivity contribution in [2.24, 2.45) is 0 Å². The molecule has 1 aliphatic rings. The Morgan fingerprint density at radius 1 is 0.926 bits per heavy atom. The topological polar surface area (TPSA) is 40.6 Å². The van der Waals surface area contributed by atoms with Gasteiger partial charge in [-0.15, -0.1) is 0 Å². The van der Waals surface area contributed by atoms with Crippen molar-refractivity contribution in [1.82, 2.24) is 4.90 Å². The molecule has 0 unspecified atom stereocenters. The average molecular weight is 368 g/mol. The van der Waals surface area contributed by atoms with E-state index in [-0.39, 0.29) is 11.7 Å². The van der Waals surface area contributed by atoms with E-state index in [1.807, 2.05) is 34.1 Å². The van der Waals surface area contributed by atoms with Gasteiger partial charge >= 0.3 is 0 Å². The highest BCUT2D eigenvalue weighted by Crippen LogP contribution is 2.23. The van der Waals surface area contributed by atoms with E-state index in [1.165, 1.54) is 18.6 Å². The number of rotatable bonds is 4. The first kappa shape index (κ1) is 19.1. The highest BCUT2D eigenvalue weighted by Gasteiger charge is 2.24. The fourth-order valence-electron chi connectivity index (χ4n) is 3.33. The van der Waals surface area contributed by atoms with Crippen LogP contribution in [0.3, 0.4) is 0 Å². The first-order chi connectivity index (χ1) is 12.9. The van der Waals surface area contributed by atoms with Crippen molar-refractivity contribution in [2.75, 3.05) is 31.1 Å². The summed E-state index contributed by atoms with van der Waals surface area (Å²) in [5.41, 5.74) is 2.74. The van der Waals surface area contributed by atoms with Crippen molar-refractivity contribution < 1.29 is 14.0 Å². The van der Waals surface area contributed by atoms with Gasteiger partial charge in [-0.2, -0.15) is 0 Å². The third kappa shape index (κ3) is 4.18. The summed E-state index contributed by atoms with van der Waals surface area (Å²) in [5.74, 6) is -0.106. The maximum absolute atomic E-state index is 14.3. The van der Waals surface area contributed by atoms with Crippen LogP contribution >= 0.6 is 0 Å². The van der Waals surface area contributed by atoms with Crippen LogP contribution in [0.4, 0.5) is 10.1 Å². The molecule has 27 heavy (non-hydrogen) atoms. The normalized spacial score (nSPS) is 14.6. The second kappa shape index (κ2) is 7.91. The Morgan fingerprint density at radius 3 is 2.04 bits per heavy atom. The molecule has 1 amide bonds. The lowest BCUT2D eigenvalue weighted by molar-refractivity contribution is 0.0746. The van der Waals surface area contributed by atoms with Crippen molar-refractivity contribution in [3.63, 3.8) is 0 Å². The molecule has 0 N–H and O–H groups in total. The molecule has 3 rings (SSSR count). The van der Waals surface area contributed by atoms with Crippen molar-refractivity contribution in [3.05, 3.63) is 65.0 Å². The van der Waals surface area contributed by atoms with Gasteiger partial charge in [0, 0.05) is 37.3 Å². The predicted octanol–water partition coefficient (Wildman–Crippen LogP) is 4.11. The monoisotopic (exact) mass is 368 g/mol. The molecule has 1 fully saturated rings. The Morgan fingerprint density at radius 2 is 1.52 bits per heavy atom. The molecule has 2 aromatic carbocycles. The Bertz CT molecular complexity index is 838. The molecule has 1 heterocycles. The Kier molecular flexibility index (Phi) is 5.59. The van der Waals surface area contributed by atoms with Gasteiger partial charge in [-0.05, 0) is 48.7 Å². The summed E-state index contributed by atoms with van der Waals surface area (Å²) in [6, 6.07) is 12.3. The van der Waals surface area contributed by atoms with Gasteiger partial charge in [-0.3, -0.25) is 9.59 Å². The Labute approximate surface area is 159 Å². The number of anilines is 1. The maximum Gasteiger partial charge on any atom is 0.253 e. The number of hydrogen-bond acceptors (Lipinski definition) is 3. The van der Waals surface area contributed by atoms with E-state index < -0.39 is 5.82 Å². The lowest BCUT2D eigenvalue weighted by Gasteiger charge is -2.36. The molecule has 0 aromatic heterocycles. The van der Waals surface area contributed by atoms with Gasteiger partial charge in [0.1, 0.15) is 5.82 Å². The van der Waals surface area contributed by atoms with E-state index >= 15 is 0 Å². The quantitative estimate of drug-likeness (QED) is 0.763. The lowest BCUT2D eigenvalue weighted by atomic mass is 10.0. The van der Waals surface area contributed by atoms with Crippen LogP contribution in [0.5, 0.6) is 0 Å². The van der Waals surface area contributed by atoms with Crippen LogP contribution in [0.25, 0.3) is 0 Å². The number of ketones is 1. The summed E-state index contributed by atoms with van der Waals surface area (Å²) in [6.07, 6.45) is 0. The molecule has 5 heteroatoms. The third-order valence-electron chi connectivity index (χ3n) is 5.09. The molecule has 2 aromatic rings. The van der Waals surface area contributed by atoms with E-state index in [2.05, 4.69) is 13.8 Å². The third-order valence-corrected chi connectivity index (χ3v) is 5.09. The van der Waals surface area contributed by atoms with Gasteiger partial charge in [0.2, 0.25) is 0 Å². The summed E-state index contributed by atoms with van der Waals surface area (Å²) in [7, 11) is 0. The van der Waals surface area contributed by atoms with Crippen molar-refractivity contribution in [1.29, 1.82) is 0 Å². The number of halogens is 1. The predicted molar refractivity (Wildman–Crippen MR) is 105 cm³/mol. The molecule has 0 bridgehead atoms. The van der Waals surface area contributed by atoms with Crippen LogP contribution in [0.1, 0.15) is 53.0 Å².